The Kier molecular flexibility index (Phi) is 5.35. The highest BCUT2D eigenvalue weighted by Gasteiger charge is 2.16. The molecule has 0 spiro atoms. The molecule has 0 radical (unpaired) electrons. The number of furan rings is 1. The van der Waals surface area contributed by atoms with Gasteiger partial charge in [-0.3, -0.25) is 9.36 Å². The van der Waals surface area contributed by atoms with E-state index in [0.29, 0.717) is 23.3 Å². The summed E-state index contributed by atoms with van der Waals surface area (Å²) in [5.74, 6) is 1.39. The lowest BCUT2D eigenvalue weighted by atomic mass is 10.2. The number of aromatic nitrogens is 3. The Balaban J connectivity index is 1.68. The fourth-order valence-electron chi connectivity index (χ4n) is 2.33. The molecule has 1 aromatic carbocycles. The highest BCUT2D eigenvalue weighted by Crippen LogP contribution is 2.24. The van der Waals surface area contributed by atoms with Crippen molar-refractivity contribution < 1.29 is 9.21 Å². The number of anilines is 1. The summed E-state index contributed by atoms with van der Waals surface area (Å²) in [4.78, 5) is 12.2. The normalized spacial score (nSPS) is 10.6. The van der Waals surface area contributed by atoms with Gasteiger partial charge in [0.2, 0.25) is 11.7 Å². The molecule has 0 aliphatic carbocycles. The van der Waals surface area contributed by atoms with Crippen LogP contribution in [-0.4, -0.2) is 26.4 Å². The maximum atomic E-state index is 12.2. The second kappa shape index (κ2) is 7.85. The third kappa shape index (κ3) is 4.19. The number of rotatable bonds is 7. The number of aryl methyl sites for hydroxylation is 1. The van der Waals surface area contributed by atoms with Gasteiger partial charge in [-0.1, -0.05) is 30.0 Å². The minimum absolute atomic E-state index is 0.0942. The number of allylic oxidation sites excluding steroid dienone is 1. The number of amides is 1. The van der Waals surface area contributed by atoms with Crippen molar-refractivity contribution in [2.24, 2.45) is 0 Å². The van der Waals surface area contributed by atoms with Gasteiger partial charge in [0.15, 0.2) is 10.9 Å². The fraction of sp³-hybridized carbons (Fsp3) is 0.167. The van der Waals surface area contributed by atoms with Crippen molar-refractivity contribution in [3.63, 3.8) is 0 Å². The van der Waals surface area contributed by atoms with Gasteiger partial charge in [0, 0.05) is 12.2 Å². The topological polar surface area (TPSA) is 73.0 Å². The van der Waals surface area contributed by atoms with E-state index in [2.05, 4.69) is 22.1 Å². The predicted molar refractivity (Wildman–Crippen MR) is 98.5 cm³/mol. The standard InChI is InChI=1S/C18H18N4O2S/c1-3-9-22-17(15-8-5-10-24-15)20-21-18(22)25-12-16(23)19-14-7-4-6-13(2)11-14/h3-8,10-11H,1,9,12H2,2H3,(H,19,23). The van der Waals surface area contributed by atoms with Crippen LogP contribution < -0.4 is 5.32 Å². The minimum Gasteiger partial charge on any atom is -0.461 e. The SMILES string of the molecule is C=CCn1c(SCC(=O)Nc2cccc(C)c2)nnc1-c1ccco1. The summed E-state index contributed by atoms with van der Waals surface area (Å²) in [6.45, 7) is 6.28. The molecule has 6 nitrogen and oxygen atoms in total. The number of hydrogen-bond acceptors (Lipinski definition) is 5. The van der Waals surface area contributed by atoms with Crippen LogP contribution in [0.2, 0.25) is 0 Å². The molecule has 2 heterocycles. The second-order valence-electron chi connectivity index (χ2n) is 5.39. The summed E-state index contributed by atoms with van der Waals surface area (Å²) in [6, 6.07) is 11.3. The summed E-state index contributed by atoms with van der Waals surface area (Å²) < 4.78 is 7.26. The van der Waals surface area contributed by atoms with Crippen molar-refractivity contribution in [2.75, 3.05) is 11.1 Å². The molecule has 2 aromatic heterocycles. The average Bonchev–Trinajstić information content (AvgIpc) is 3.23. The first-order chi connectivity index (χ1) is 12.2. The molecule has 0 aliphatic rings. The molecule has 25 heavy (non-hydrogen) atoms. The Morgan fingerprint density at radius 2 is 2.24 bits per heavy atom. The first-order valence-electron chi connectivity index (χ1n) is 7.74. The van der Waals surface area contributed by atoms with E-state index in [0.717, 1.165) is 11.3 Å². The maximum absolute atomic E-state index is 12.2. The van der Waals surface area contributed by atoms with Crippen LogP contribution in [0.3, 0.4) is 0 Å². The number of carbonyl (C=O) groups is 1. The Morgan fingerprint density at radius 1 is 1.36 bits per heavy atom. The van der Waals surface area contributed by atoms with E-state index >= 15 is 0 Å². The summed E-state index contributed by atoms with van der Waals surface area (Å²) in [5, 5.41) is 11.9. The van der Waals surface area contributed by atoms with Crippen molar-refractivity contribution >= 4 is 23.4 Å². The van der Waals surface area contributed by atoms with E-state index in [1.807, 2.05) is 41.8 Å². The predicted octanol–water partition coefficient (Wildman–Crippen LogP) is 3.76. The number of nitrogens with zero attached hydrogens (tertiary/aromatic N) is 3. The maximum Gasteiger partial charge on any atom is 0.234 e. The van der Waals surface area contributed by atoms with Crippen LogP contribution in [0.5, 0.6) is 0 Å². The van der Waals surface area contributed by atoms with Crippen LogP contribution in [0.25, 0.3) is 11.6 Å². The Bertz CT molecular complexity index is 871. The van der Waals surface area contributed by atoms with E-state index < -0.39 is 0 Å². The number of carbonyl (C=O) groups excluding carboxylic acids is 1. The lowest BCUT2D eigenvalue weighted by molar-refractivity contribution is -0.113. The van der Waals surface area contributed by atoms with Gasteiger partial charge >= 0.3 is 0 Å². The molecule has 1 amide bonds. The van der Waals surface area contributed by atoms with Crippen LogP contribution in [0.4, 0.5) is 5.69 Å². The third-order valence-electron chi connectivity index (χ3n) is 3.40. The molecule has 0 bridgehead atoms. The smallest absolute Gasteiger partial charge is 0.234 e. The summed E-state index contributed by atoms with van der Waals surface area (Å²) >= 11 is 1.32. The van der Waals surface area contributed by atoms with Crippen molar-refractivity contribution in [3.8, 4) is 11.6 Å². The molecule has 0 saturated carbocycles. The largest absolute Gasteiger partial charge is 0.461 e. The first-order valence-corrected chi connectivity index (χ1v) is 8.73. The monoisotopic (exact) mass is 354 g/mol. The van der Waals surface area contributed by atoms with E-state index in [4.69, 9.17) is 4.42 Å². The molecular weight excluding hydrogens is 336 g/mol. The van der Waals surface area contributed by atoms with Gasteiger partial charge in [-0.25, -0.2) is 0 Å². The molecule has 1 N–H and O–H groups in total. The van der Waals surface area contributed by atoms with Crippen molar-refractivity contribution in [3.05, 3.63) is 60.9 Å². The van der Waals surface area contributed by atoms with Gasteiger partial charge in [-0.2, -0.15) is 0 Å². The molecule has 128 valence electrons. The van der Waals surface area contributed by atoms with Crippen LogP contribution in [0.15, 0.2) is 64.9 Å². The third-order valence-corrected chi connectivity index (χ3v) is 4.37. The highest BCUT2D eigenvalue weighted by atomic mass is 32.2. The molecular formula is C18H18N4O2S. The van der Waals surface area contributed by atoms with Crippen LogP contribution >= 0.6 is 11.8 Å². The van der Waals surface area contributed by atoms with Gasteiger partial charge < -0.3 is 9.73 Å². The highest BCUT2D eigenvalue weighted by molar-refractivity contribution is 7.99. The summed E-state index contributed by atoms with van der Waals surface area (Å²) in [6.07, 6.45) is 3.34. The molecule has 0 atom stereocenters. The molecule has 7 heteroatoms. The van der Waals surface area contributed by atoms with Crippen molar-refractivity contribution in [2.45, 2.75) is 18.6 Å². The zero-order valence-corrected chi connectivity index (χ0v) is 14.6. The molecule has 0 saturated heterocycles. The Hall–Kier alpha value is -2.80. The Morgan fingerprint density at radius 3 is 2.96 bits per heavy atom. The number of benzene rings is 1. The van der Waals surface area contributed by atoms with Gasteiger partial charge in [-0.05, 0) is 36.8 Å². The van der Waals surface area contributed by atoms with Crippen molar-refractivity contribution in [1.82, 2.24) is 14.8 Å². The van der Waals surface area contributed by atoms with Crippen LogP contribution in [-0.2, 0) is 11.3 Å². The summed E-state index contributed by atoms with van der Waals surface area (Å²) in [7, 11) is 0. The van der Waals surface area contributed by atoms with Gasteiger partial charge in [-0.15, -0.1) is 16.8 Å². The van der Waals surface area contributed by atoms with Crippen LogP contribution in [0, 0.1) is 6.92 Å². The number of thioether (sulfide) groups is 1. The summed E-state index contributed by atoms with van der Waals surface area (Å²) in [5.41, 5.74) is 1.88. The van der Waals surface area contributed by atoms with Gasteiger partial charge in [0.25, 0.3) is 0 Å². The molecule has 3 aromatic rings. The van der Waals surface area contributed by atoms with Crippen LogP contribution in [0.1, 0.15) is 5.56 Å². The molecule has 0 aliphatic heterocycles. The second-order valence-corrected chi connectivity index (χ2v) is 6.33. The zero-order chi connectivity index (χ0) is 17.6. The van der Waals surface area contributed by atoms with Gasteiger partial charge in [0.1, 0.15) is 0 Å². The van der Waals surface area contributed by atoms with Crippen molar-refractivity contribution in [1.29, 1.82) is 0 Å². The number of nitrogens with one attached hydrogen (secondary N) is 1. The van der Waals surface area contributed by atoms with E-state index in [1.54, 1.807) is 18.4 Å². The van der Waals surface area contributed by atoms with E-state index in [9.17, 15) is 4.79 Å². The lowest BCUT2D eigenvalue weighted by Crippen LogP contribution is -2.14. The minimum atomic E-state index is -0.0942. The van der Waals surface area contributed by atoms with E-state index in [1.165, 1.54) is 11.8 Å². The average molecular weight is 354 g/mol. The molecule has 3 rings (SSSR count). The quantitative estimate of drug-likeness (QED) is 0.516. The Labute approximate surface area is 150 Å². The first kappa shape index (κ1) is 17.0. The van der Waals surface area contributed by atoms with Gasteiger partial charge in [0.05, 0.1) is 12.0 Å². The van der Waals surface area contributed by atoms with E-state index in [-0.39, 0.29) is 11.7 Å². The molecule has 0 fully saturated rings. The zero-order valence-electron chi connectivity index (χ0n) is 13.8. The lowest BCUT2D eigenvalue weighted by Gasteiger charge is -2.07. The fourth-order valence-corrected chi connectivity index (χ4v) is 3.07. The number of hydrogen-bond donors (Lipinski definition) is 1. The molecule has 0 unspecified atom stereocenters.